The molecule has 0 saturated carbocycles. The largest absolute Gasteiger partial charge is 0.288 e. The first-order valence-electron chi connectivity index (χ1n) is 17.0. The monoisotopic (exact) mass is 619 g/mol. The first-order valence-corrected chi connectivity index (χ1v) is 17.0. The standard InChI is InChI=1S/C47H41N/c1-33-27-35(30-41-17-10-9-16-40(41)29-34(2)36-13-5-4-6-14-36)31-44(28-33)38-21-24-39(25-22-38)47(45-19-11-12-20-46(45)48-3)43-26-23-37-15-7-8-18-42(37)32-43/h5,7-29,31-32H,4,6,30H2,1-3H3/b34-29+,47-45+,48-46?. The van der Waals surface area contributed by atoms with E-state index in [0.717, 1.165) is 30.5 Å². The highest BCUT2D eigenvalue weighted by atomic mass is 14.7. The van der Waals surface area contributed by atoms with Crippen LogP contribution in [0.15, 0.2) is 173 Å². The van der Waals surface area contributed by atoms with Crippen molar-refractivity contribution < 1.29 is 0 Å². The molecule has 0 aliphatic heterocycles. The van der Waals surface area contributed by atoms with Gasteiger partial charge in [-0.3, -0.25) is 4.99 Å². The fourth-order valence-corrected chi connectivity index (χ4v) is 6.94. The number of hydrogen-bond donors (Lipinski definition) is 0. The molecule has 0 N–H and O–H groups in total. The van der Waals surface area contributed by atoms with Crippen LogP contribution < -0.4 is 0 Å². The number of aliphatic imine (C=N–C) groups is 1. The number of aryl methyl sites for hydroxylation is 1. The second-order valence-electron chi connectivity index (χ2n) is 12.8. The third kappa shape index (κ3) is 6.77. The quantitative estimate of drug-likeness (QED) is 0.172. The molecule has 0 atom stereocenters. The number of fused-ring (bicyclic) bond motifs is 1. The number of allylic oxidation sites excluding steroid dienone is 10. The molecule has 0 saturated heterocycles. The van der Waals surface area contributed by atoms with Crippen molar-refractivity contribution in [2.75, 3.05) is 7.05 Å². The highest BCUT2D eigenvalue weighted by Gasteiger charge is 2.16. The summed E-state index contributed by atoms with van der Waals surface area (Å²) < 4.78 is 0. The molecule has 5 aromatic rings. The molecule has 0 spiro atoms. The Morgan fingerprint density at radius 2 is 1.48 bits per heavy atom. The van der Waals surface area contributed by atoms with Crippen molar-refractivity contribution in [1.29, 1.82) is 0 Å². The lowest BCUT2D eigenvalue weighted by atomic mass is 9.87. The van der Waals surface area contributed by atoms with Gasteiger partial charge in [-0.25, -0.2) is 0 Å². The SMILES string of the molecule is CN=C1C=CC=C/C1=C(/c1ccc(-c2cc(C)cc(Cc3ccccc3/C=C(\C)C3=CCCC=C3)c2)cc1)c1ccc2ccccc2c1. The van der Waals surface area contributed by atoms with Crippen molar-refractivity contribution >= 4 is 28.1 Å². The molecule has 0 unspecified atom stereocenters. The Morgan fingerprint density at radius 3 is 2.29 bits per heavy atom. The van der Waals surface area contributed by atoms with Gasteiger partial charge in [-0.2, -0.15) is 0 Å². The summed E-state index contributed by atoms with van der Waals surface area (Å²) in [5.74, 6) is 0. The van der Waals surface area contributed by atoms with Crippen LogP contribution in [-0.4, -0.2) is 12.8 Å². The molecule has 234 valence electrons. The van der Waals surface area contributed by atoms with E-state index in [1.54, 1.807) is 0 Å². The summed E-state index contributed by atoms with van der Waals surface area (Å²) in [7, 11) is 1.87. The van der Waals surface area contributed by atoms with Gasteiger partial charge in [0, 0.05) is 12.6 Å². The molecule has 0 amide bonds. The van der Waals surface area contributed by atoms with Crippen LogP contribution in [0.1, 0.15) is 53.1 Å². The van der Waals surface area contributed by atoms with Crippen molar-refractivity contribution in [3.05, 3.63) is 202 Å². The van der Waals surface area contributed by atoms with Crippen LogP contribution >= 0.6 is 0 Å². The summed E-state index contributed by atoms with van der Waals surface area (Å²) >= 11 is 0. The van der Waals surface area contributed by atoms with Crippen molar-refractivity contribution in [3.8, 4) is 11.1 Å². The van der Waals surface area contributed by atoms with Gasteiger partial charge < -0.3 is 0 Å². The van der Waals surface area contributed by atoms with Gasteiger partial charge in [-0.15, -0.1) is 0 Å². The smallest absolute Gasteiger partial charge is 0.0649 e. The van der Waals surface area contributed by atoms with Crippen molar-refractivity contribution in [2.24, 2.45) is 4.99 Å². The number of rotatable bonds is 7. The maximum atomic E-state index is 4.64. The van der Waals surface area contributed by atoms with Crippen LogP contribution in [0.25, 0.3) is 33.5 Å². The summed E-state index contributed by atoms with van der Waals surface area (Å²) in [6.45, 7) is 4.43. The average Bonchev–Trinajstić information content (AvgIpc) is 3.13. The molecule has 2 aliphatic rings. The third-order valence-electron chi connectivity index (χ3n) is 9.37. The maximum Gasteiger partial charge on any atom is 0.0649 e. The summed E-state index contributed by atoms with van der Waals surface area (Å²) in [5.41, 5.74) is 16.0. The Labute approximate surface area is 285 Å². The number of benzene rings is 5. The van der Waals surface area contributed by atoms with E-state index in [0.29, 0.717) is 0 Å². The summed E-state index contributed by atoms with van der Waals surface area (Å²) in [6.07, 6.45) is 20.8. The van der Waals surface area contributed by atoms with E-state index in [4.69, 9.17) is 0 Å². The molecule has 1 nitrogen and oxygen atoms in total. The minimum absolute atomic E-state index is 0.888. The Hall–Kier alpha value is -5.53. The molecule has 0 aromatic heterocycles. The predicted octanol–water partition coefficient (Wildman–Crippen LogP) is 12.1. The van der Waals surface area contributed by atoms with E-state index in [9.17, 15) is 0 Å². The minimum Gasteiger partial charge on any atom is -0.288 e. The molecule has 0 radical (unpaired) electrons. The zero-order valence-corrected chi connectivity index (χ0v) is 28.1. The van der Waals surface area contributed by atoms with Crippen LogP contribution in [-0.2, 0) is 6.42 Å². The predicted molar refractivity (Wildman–Crippen MR) is 208 cm³/mol. The number of nitrogens with zero attached hydrogens (tertiary/aromatic N) is 1. The Morgan fingerprint density at radius 1 is 0.708 bits per heavy atom. The Kier molecular flexibility index (Phi) is 9.12. The molecule has 2 aliphatic carbocycles. The fraction of sp³-hybridized carbons (Fsp3) is 0.128. The van der Waals surface area contributed by atoms with Crippen molar-refractivity contribution in [3.63, 3.8) is 0 Å². The van der Waals surface area contributed by atoms with Gasteiger partial charge >= 0.3 is 0 Å². The van der Waals surface area contributed by atoms with Crippen molar-refractivity contribution in [2.45, 2.75) is 33.1 Å². The van der Waals surface area contributed by atoms with Gasteiger partial charge in [0.05, 0.1) is 5.71 Å². The van der Waals surface area contributed by atoms with E-state index < -0.39 is 0 Å². The maximum absolute atomic E-state index is 4.64. The molecule has 5 aromatic carbocycles. The van der Waals surface area contributed by atoms with Crippen LogP contribution in [0.4, 0.5) is 0 Å². The second-order valence-corrected chi connectivity index (χ2v) is 12.8. The third-order valence-corrected chi connectivity index (χ3v) is 9.37. The summed E-state index contributed by atoms with van der Waals surface area (Å²) in [6, 6.07) is 40.2. The Bertz CT molecular complexity index is 2210. The van der Waals surface area contributed by atoms with Crippen LogP contribution in [0, 0.1) is 6.92 Å². The molecule has 7 rings (SSSR count). The molecule has 48 heavy (non-hydrogen) atoms. The van der Waals surface area contributed by atoms with E-state index in [-0.39, 0.29) is 0 Å². The van der Waals surface area contributed by atoms with Gasteiger partial charge in [-0.1, -0.05) is 151 Å². The molecular weight excluding hydrogens is 579 g/mol. The Balaban J connectivity index is 1.22. The first kappa shape index (κ1) is 31.1. The molecular formula is C47H41N. The van der Waals surface area contributed by atoms with Gasteiger partial charge in [0.2, 0.25) is 0 Å². The van der Waals surface area contributed by atoms with E-state index in [1.165, 1.54) is 72.0 Å². The summed E-state index contributed by atoms with van der Waals surface area (Å²) in [5, 5.41) is 2.48. The first-order chi connectivity index (χ1) is 23.6. The lowest BCUT2D eigenvalue weighted by Crippen LogP contribution is -2.05. The van der Waals surface area contributed by atoms with Gasteiger partial charge in [0.1, 0.15) is 0 Å². The van der Waals surface area contributed by atoms with Crippen LogP contribution in [0.2, 0.25) is 0 Å². The summed E-state index contributed by atoms with van der Waals surface area (Å²) in [4.78, 5) is 4.64. The number of hydrogen-bond acceptors (Lipinski definition) is 1. The van der Waals surface area contributed by atoms with E-state index in [2.05, 4.69) is 177 Å². The normalized spacial score (nSPS) is 16.4. The molecule has 0 bridgehead atoms. The molecule has 0 heterocycles. The molecule has 0 fully saturated rings. The lowest BCUT2D eigenvalue weighted by Gasteiger charge is -2.17. The van der Waals surface area contributed by atoms with Crippen LogP contribution in [0.5, 0.6) is 0 Å². The van der Waals surface area contributed by atoms with E-state index >= 15 is 0 Å². The van der Waals surface area contributed by atoms with Crippen molar-refractivity contribution in [1.82, 2.24) is 0 Å². The highest BCUT2D eigenvalue weighted by Crippen LogP contribution is 2.34. The fourth-order valence-electron chi connectivity index (χ4n) is 6.94. The lowest BCUT2D eigenvalue weighted by molar-refractivity contribution is 1.02. The van der Waals surface area contributed by atoms with Gasteiger partial charge in [0.25, 0.3) is 0 Å². The van der Waals surface area contributed by atoms with Crippen LogP contribution in [0.3, 0.4) is 0 Å². The average molecular weight is 620 g/mol. The second kappa shape index (κ2) is 14.1. The molecule has 1 heteroatoms. The van der Waals surface area contributed by atoms with E-state index in [1.807, 2.05) is 7.05 Å². The van der Waals surface area contributed by atoms with Gasteiger partial charge in [0.15, 0.2) is 0 Å². The zero-order valence-electron chi connectivity index (χ0n) is 28.1. The van der Waals surface area contributed by atoms with Gasteiger partial charge in [-0.05, 0) is 112 Å². The zero-order chi connectivity index (χ0) is 32.9. The minimum atomic E-state index is 0.888. The highest BCUT2D eigenvalue weighted by molar-refractivity contribution is 6.18. The topological polar surface area (TPSA) is 12.4 Å².